The number of aromatic nitrogens is 2. The van der Waals surface area contributed by atoms with Crippen molar-refractivity contribution in [3.05, 3.63) is 42.1 Å². The first-order valence-corrected chi connectivity index (χ1v) is 7.11. The zero-order valence-electron chi connectivity index (χ0n) is 12.0. The lowest BCUT2D eigenvalue weighted by Crippen LogP contribution is -2.30. The van der Waals surface area contributed by atoms with Crippen molar-refractivity contribution >= 4 is 0 Å². The molecule has 3 nitrogen and oxygen atoms in total. The van der Waals surface area contributed by atoms with Gasteiger partial charge >= 0.3 is 0 Å². The molecule has 0 spiro atoms. The lowest BCUT2D eigenvalue weighted by Gasteiger charge is -2.28. The highest BCUT2D eigenvalue weighted by Crippen LogP contribution is 2.29. The fraction of sp³-hybridized carbons (Fsp3) is 0.438. The maximum absolute atomic E-state index is 13.4. The van der Waals surface area contributed by atoms with E-state index < -0.39 is 0 Å². The van der Waals surface area contributed by atoms with Crippen molar-refractivity contribution in [3.63, 3.8) is 0 Å². The Balaban J connectivity index is 1.89. The summed E-state index contributed by atoms with van der Waals surface area (Å²) < 4.78 is 15.5. The van der Waals surface area contributed by atoms with Crippen LogP contribution in [0.4, 0.5) is 4.39 Å². The van der Waals surface area contributed by atoms with Crippen molar-refractivity contribution in [2.24, 2.45) is 7.05 Å². The van der Waals surface area contributed by atoms with E-state index in [9.17, 15) is 4.39 Å². The van der Waals surface area contributed by atoms with Crippen LogP contribution in [0.2, 0.25) is 0 Å². The molecule has 2 aromatic rings. The van der Waals surface area contributed by atoms with Gasteiger partial charge in [0.2, 0.25) is 0 Å². The highest BCUT2D eigenvalue weighted by Gasteiger charge is 2.23. The van der Waals surface area contributed by atoms with Gasteiger partial charge in [0.15, 0.2) is 0 Å². The van der Waals surface area contributed by atoms with Gasteiger partial charge in [0.1, 0.15) is 11.6 Å². The zero-order valence-corrected chi connectivity index (χ0v) is 12.0. The molecule has 0 unspecified atom stereocenters. The molecule has 20 heavy (non-hydrogen) atoms. The lowest BCUT2D eigenvalue weighted by molar-refractivity contribution is 0.249. The van der Waals surface area contributed by atoms with Crippen molar-refractivity contribution in [1.29, 1.82) is 0 Å². The zero-order chi connectivity index (χ0) is 14.1. The maximum atomic E-state index is 13.4. The molecule has 0 saturated carbocycles. The van der Waals surface area contributed by atoms with Gasteiger partial charge in [-0.3, -0.25) is 0 Å². The molecular weight excluding hydrogens is 253 g/mol. The Hall–Kier alpha value is -1.68. The van der Waals surface area contributed by atoms with Gasteiger partial charge in [-0.15, -0.1) is 0 Å². The second kappa shape index (κ2) is 5.37. The molecule has 3 rings (SSSR count). The molecule has 0 aliphatic carbocycles. The third-order valence-electron chi connectivity index (χ3n) is 4.23. The molecule has 2 heterocycles. The summed E-state index contributed by atoms with van der Waals surface area (Å²) in [6.45, 7) is 2.24. The Morgan fingerprint density at radius 1 is 1.20 bits per heavy atom. The SMILES string of the molecule is CN1CCC(c2ncc(-c3cccc(F)c3)n2C)CC1. The van der Waals surface area contributed by atoms with Crippen molar-refractivity contribution < 1.29 is 4.39 Å². The van der Waals surface area contributed by atoms with Gasteiger partial charge in [0, 0.05) is 18.5 Å². The summed E-state index contributed by atoms with van der Waals surface area (Å²) in [5, 5.41) is 0. The van der Waals surface area contributed by atoms with Crippen LogP contribution in [0.25, 0.3) is 11.3 Å². The first-order chi connectivity index (χ1) is 9.65. The minimum Gasteiger partial charge on any atom is -0.331 e. The Morgan fingerprint density at radius 2 is 1.95 bits per heavy atom. The van der Waals surface area contributed by atoms with Crippen LogP contribution in [-0.4, -0.2) is 34.6 Å². The van der Waals surface area contributed by atoms with E-state index in [2.05, 4.69) is 21.5 Å². The summed E-state index contributed by atoms with van der Waals surface area (Å²) in [6, 6.07) is 6.71. The molecule has 1 aromatic carbocycles. The molecule has 0 bridgehead atoms. The smallest absolute Gasteiger partial charge is 0.123 e. The van der Waals surface area contributed by atoms with E-state index in [1.54, 1.807) is 12.1 Å². The van der Waals surface area contributed by atoms with E-state index in [0.717, 1.165) is 43.0 Å². The predicted octanol–water partition coefficient (Wildman–Crippen LogP) is 3.04. The highest BCUT2D eigenvalue weighted by molar-refractivity contribution is 5.59. The second-order valence-corrected chi connectivity index (χ2v) is 5.65. The normalized spacial score (nSPS) is 17.6. The van der Waals surface area contributed by atoms with Gasteiger partial charge in [-0.1, -0.05) is 12.1 Å². The van der Waals surface area contributed by atoms with Crippen molar-refractivity contribution in [1.82, 2.24) is 14.5 Å². The van der Waals surface area contributed by atoms with Crippen molar-refractivity contribution in [3.8, 4) is 11.3 Å². The average molecular weight is 273 g/mol. The van der Waals surface area contributed by atoms with E-state index in [1.807, 2.05) is 19.3 Å². The summed E-state index contributed by atoms with van der Waals surface area (Å²) in [4.78, 5) is 6.95. The van der Waals surface area contributed by atoms with Crippen LogP contribution in [0.3, 0.4) is 0 Å². The molecular formula is C16H20FN3. The van der Waals surface area contributed by atoms with Gasteiger partial charge in [0.05, 0.1) is 11.9 Å². The highest BCUT2D eigenvalue weighted by atomic mass is 19.1. The average Bonchev–Trinajstić information content (AvgIpc) is 2.82. The number of imidazole rings is 1. The quantitative estimate of drug-likeness (QED) is 0.838. The fourth-order valence-corrected chi connectivity index (χ4v) is 2.99. The molecule has 1 fully saturated rings. The summed E-state index contributed by atoms with van der Waals surface area (Å²) in [5.41, 5.74) is 1.87. The van der Waals surface area contributed by atoms with Crippen LogP contribution < -0.4 is 0 Å². The number of nitrogens with zero attached hydrogens (tertiary/aromatic N) is 3. The van der Waals surface area contributed by atoms with Gasteiger partial charge in [-0.2, -0.15) is 0 Å². The summed E-state index contributed by atoms with van der Waals surface area (Å²) >= 11 is 0. The van der Waals surface area contributed by atoms with Crippen LogP contribution in [0.5, 0.6) is 0 Å². The minimum atomic E-state index is -0.204. The Labute approximate surface area is 119 Å². The van der Waals surface area contributed by atoms with E-state index in [1.165, 1.54) is 6.07 Å². The number of hydrogen-bond acceptors (Lipinski definition) is 2. The van der Waals surface area contributed by atoms with Crippen LogP contribution in [0.1, 0.15) is 24.6 Å². The van der Waals surface area contributed by atoms with Crippen molar-refractivity contribution in [2.75, 3.05) is 20.1 Å². The Bertz CT molecular complexity index is 598. The van der Waals surface area contributed by atoms with E-state index in [0.29, 0.717) is 5.92 Å². The first-order valence-electron chi connectivity index (χ1n) is 7.11. The Morgan fingerprint density at radius 3 is 2.65 bits per heavy atom. The number of rotatable bonds is 2. The maximum Gasteiger partial charge on any atom is 0.123 e. The molecule has 1 aliphatic heterocycles. The summed E-state index contributed by atoms with van der Waals surface area (Å²) in [7, 11) is 4.19. The van der Waals surface area contributed by atoms with Crippen LogP contribution in [0, 0.1) is 5.82 Å². The fourth-order valence-electron chi connectivity index (χ4n) is 2.99. The van der Waals surface area contributed by atoms with Crippen LogP contribution in [0.15, 0.2) is 30.5 Å². The monoisotopic (exact) mass is 273 g/mol. The number of halogens is 1. The topological polar surface area (TPSA) is 21.1 Å². The molecule has 4 heteroatoms. The van der Waals surface area contributed by atoms with Gasteiger partial charge < -0.3 is 9.47 Å². The number of likely N-dealkylation sites (tertiary alicyclic amines) is 1. The van der Waals surface area contributed by atoms with Gasteiger partial charge in [0.25, 0.3) is 0 Å². The van der Waals surface area contributed by atoms with E-state index in [-0.39, 0.29) is 5.82 Å². The Kier molecular flexibility index (Phi) is 3.57. The predicted molar refractivity (Wildman–Crippen MR) is 78.1 cm³/mol. The summed E-state index contributed by atoms with van der Waals surface area (Å²) in [6.07, 6.45) is 4.15. The molecule has 0 N–H and O–H groups in total. The largest absolute Gasteiger partial charge is 0.331 e. The first kappa shape index (κ1) is 13.3. The molecule has 0 atom stereocenters. The van der Waals surface area contributed by atoms with Crippen LogP contribution >= 0.6 is 0 Å². The molecule has 1 aromatic heterocycles. The minimum absolute atomic E-state index is 0.204. The number of benzene rings is 1. The standard InChI is InChI=1S/C16H20FN3/c1-19-8-6-12(7-9-19)16-18-11-15(20(16)2)13-4-3-5-14(17)10-13/h3-5,10-12H,6-9H2,1-2H3. The lowest BCUT2D eigenvalue weighted by atomic mass is 9.96. The molecule has 106 valence electrons. The molecule has 1 saturated heterocycles. The number of piperidine rings is 1. The second-order valence-electron chi connectivity index (χ2n) is 5.65. The third kappa shape index (κ3) is 2.48. The van der Waals surface area contributed by atoms with Crippen LogP contribution in [-0.2, 0) is 7.05 Å². The third-order valence-corrected chi connectivity index (χ3v) is 4.23. The van der Waals surface area contributed by atoms with Crippen molar-refractivity contribution in [2.45, 2.75) is 18.8 Å². The van der Waals surface area contributed by atoms with E-state index >= 15 is 0 Å². The van der Waals surface area contributed by atoms with Gasteiger partial charge in [-0.25, -0.2) is 9.37 Å². The number of hydrogen-bond donors (Lipinski definition) is 0. The van der Waals surface area contributed by atoms with E-state index in [4.69, 9.17) is 0 Å². The molecule has 1 aliphatic rings. The summed E-state index contributed by atoms with van der Waals surface area (Å²) in [5.74, 6) is 1.43. The molecule has 0 amide bonds. The van der Waals surface area contributed by atoms with Gasteiger partial charge in [-0.05, 0) is 45.1 Å². The molecule has 0 radical (unpaired) electrons.